The van der Waals surface area contributed by atoms with Crippen molar-refractivity contribution < 1.29 is 13.9 Å². The van der Waals surface area contributed by atoms with Gasteiger partial charge < -0.3 is 14.8 Å². The normalized spacial score (nSPS) is 10.6. The first kappa shape index (κ1) is 17.9. The van der Waals surface area contributed by atoms with Crippen molar-refractivity contribution in [3.05, 3.63) is 58.4 Å². The SMILES string of the molecule is COc1cccc(CNc2nnnn2C)c1OCc1ccc(F)cc1Cl. The number of para-hydroxylation sites is 1. The first-order chi connectivity index (χ1) is 12.6. The van der Waals surface area contributed by atoms with Crippen molar-refractivity contribution in [1.29, 1.82) is 0 Å². The summed E-state index contributed by atoms with van der Waals surface area (Å²) in [5, 5.41) is 14.7. The maximum atomic E-state index is 13.2. The maximum absolute atomic E-state index is 13.2. The van der Waals surface area contributed by atoms with Crippen LogP contribution in [0.15, 0.2) is 36.4 Å². The van der Waals surface area contributed by atoms with Gasteiger partial charge in [-0.3, -0.25) is 0 Å². The van der Waals surface area contributed by atoms with E-state index >= 15 is 0 Å². The van der Waals surface area contributed by atoms with E-state index < -0.39 is 5.82 Å². The lowest BCUT2D eigenvalue weighted by atomic mass is 10.1. The predicted molar refractivity (Wildman–Crippen MR) is 94.9 cm³/mol. The number of tetrazole rings is 1. The van der Waals surface area contributed by atoms with Gasteiger partial charge in [0.05, 0.1) is 12.1 Å². The molecule has 9 heteroatoms. The zero-order chi connectivity index (χ0) is 18.5. The molecular weight excluding hydrogens is 361 g/mol. The van der Waals surface area contributed by atoms with Gasteiger partial charge in [0.15, 0.2) is 11.5 Å². The Bertz CT molecular complexity index is 903. The highest BCUT2D eigenvalue weighted by atomic mass is 35.5. The number of halogens is 2. The molecule has 1 heterocycles. The minimum absolute atomic E-state index is 0.179. The first-order valence-electron chi connectivity index (χ1n) is 7.77. The zero-order valence-electron chi connectivity index (χ0n) is 14.2. The summed E-state index contributed by atoms with van der Waals surface area (Å²) in [6.07, 6.45) is 0. The Morgan fingerprint density at radius 2 is 2.08 bits per heavy atom. The molecule has 0 radical (unpaired) electrons. The number of hydrogen-bond donors (Lipinski definition) is 1. The molecule has 26 heavy (non-hydrogen) atoms. The number of nitrogens with one attached hydrogen (secondary N) is 1. The lowest BCUT2D eigenvalue weighted by Crippen LogP contribution is -2.08. The molecule has 0 unspecified atom stereocenters. The number of rotatable bonds is 7. The summed E-state index contributed by atoms with van der Waals surface area (Å²) < 4.78 is 26.0. The van der Waals surface area contributed by atoms with Crippen LogP contribution in [0.5, 0.6) is 11.5 Å². The van der Waals surface area contributed by atoms with Gasteiger partial charge in [-0.05, 0) is 28.6 Å². The number of nitrogens with zero attached hydrogens (tertiary/aromatic N) is 4. The van der Waals surface area contributed by atoms with Crippen molar-refractivity contribution in [2.24, 2.45) is 7.05 Å². The van der Waals surface area contributed by atoms with Gasteiger partial charge >= 0.3 is 0 Å². The molecule has 3 rings (SSSR count). The van der Waals surface area contributed by atoms with Crippen LogP contribution in [-0.4, -0.2) is 27.3 Å². The fraction of sp³-hybridized carbons (Fsp3) is 0.235. The van der Waals surface area contributed by atoms with Gasteiger partial charge in [-0.15, -0.1) is 0 Å². The number of anilines is 1. The number of aryl methyl sites for hydroxylation is 1. The Hall–Kier alpha value is -2.87. The third-order valence-electron chi connectivity index (χ3n) is 3.72. The number of benzene rings is 2. The number of ether oxygens (including phenoxy) is 2. The summed E-state index contributed by atoms with van der Waals surface area (Å²) in [7, 11) is 3.30. The fourth-order valence-electron chi connectivity index (χ4n) is 2.37. The summed E-state index contributed by atoms with van der Waals surface area (Å²) in [6.45, 7) is 0.607. The van der Waals surface area contributed by atoms with Crippen molar-refractivity contribution in [2.75, 3.05) is 12.4 Å². The molecule has 1 aromatic heterocycles. The van der Waals surface area contributed by atoms with Gasteiger partial charge in [0.1, 0.15) is 12.4 Å². The van der Waals surface area contributed by atoms with Gasteiger partial charge in [-0.2, -0.15) is 0 Å². The third kappa shape index (κ3) is 4.02. The highest BCUT2D eigenvalue weighted by Gasteiger charge is 2.13. The highest BCUT2D eigenvalue weighted by molar-refractivity contribution is 6.31. The van der Waals surface area contributed by atoms with E-state index in [1.807, 2.05) is 12.1 Å². The van der Waals surface area contributed by atoms with Crippen molar-refractivity contribution in [3.63, 3.8) is 0 Å². The quantitative estimate of drug-likeness (QED) is 0.681. The molecule has 0 saturated heterocycles. The molecule has 0 aliphatic heterocycles. The Morgan fingerprint density at radius 3 is 2.77 bits per heavy atom. The molecule has 0 atom stereocenters. The van der Waals surface area contributed by atoms with E-state index in [4.69, 9.17) is 21.1 Å². The van der Waals surface area contributed by atoms with Crippen LogP contribution in [0.2, 0.25) is 5.02 Å². The molecule has 0 bridgehead atoms. The van der Waals surface area contributed by atoms with Crippen LogP contribution in [0.3, 0.4) is 0 Å². The topological polar surface area (TPSA) is 74.1 Å². The van der Waals surface area contributed by atoms with Crippen molar-refractivity contribution in [1.82, 2.24) is 20.2 Å². The first-order valence-corrected chi connectivity index (χ1v) is 8.15. The summed E-state index contributed by atoms with van der Waals surface area (Å²) in [4.78, 5) is 0. The van der Waals surface area contributed by atoms with Crippen LogP contribution in [0, 0.1) is 5.82 Å². The summed E-state index contributed by atoms with van der Waals surface area (Å²) >= 11 is 6.07. The van der Waals surface area contributed by atoms with Crippen LogP contribution in [0.4, 0.5) is 10.3 Å². The molecule has 0 aliphatic carbocycles. The minimum atomic E-state index is -0.391. The summed E-state index contributed by atoms with van der Waals surface area (Å²) in [5.74, 6) is 1.29. The van der Waals surface area contributed by atoms with E-state index in [1.165, 1.54) is 16.8 Å². The Kier molecular flexibility index (Phi) is 5.52. The molecule has 0 amide bonds. The van der Waals surface area contributed by atoms with E-state index in [-0.39, 0.29) is 6.61 Å². The van der Waals surface area contributed by atoms with Gasteiger partial charge in [0.2, 0.25) is 5.95 Å². The Balaban J connectivity index is 1.79. The molecule has 0 spiro atoms. The Labute approximate surface area is 154 Å². The standard InChI is InChI=1S/C17H17ClFN5O2/c1-24-17(21-22-23-24)20-9-11-4-3-5-15(25-2)16(11)26-10-12-6-7-13(19)8-14(12)18/h3-8H,9-10H2,1-2H3,(H,20,21,23). The lowest BCUT2D eigenvalue weighted by molar-refractivity contribution is 0.281. The van der Waals surface area contributed by atoms with Crippen molar-refractivity contribution >= 4 is 17.5 Å². The second kappa shape index (κ2) is 8.01. The average Bonchev–Trinajstić information content (AvgIpc) is 3.04. The molecule has 1 N–H and O–H groups in total. The molecule has 7 nitrogen and oxygen atoms in total. The molecule has 136 valence electrons. The van der Waals surface area contributed by atoms with E-state index in [0.717, 1.165) is 5.56 Å². The highest BCUT2D eigenvalue weighted by Crippen LogP contribution is 2.33. The Morgan fingerprint density at radius 1 is 1.23 bits per heavy atom. The molecule has 0 aliphatic rings. The molecule has 3 aromatic rings. The lowest BCUT2D eigenvalue weighted by Gasteiger charge is -2.16. The zero-order valence-corrected chi connectivity index (χ0v) is 15.0. The van der Waals surface area contributed by atoms with Gasteiger partial charge in [0.25, 0.3) is 0 Å². The number of hydrogen-bond acceptors (Lipinski definition) is 6. The molecular formula is C17H17ClFN5O2. The third-order valence-corrected chi connectivity index (χ3v) is 4.08. The molecule has 0 saturated carbocycles. The molecule has 2 aromatic carbocycles. The number of methoxy groups -OCH3 is 1. The van der Waals surface area contributed by atoms with Gasteiger partial charge in [-0.1, -0.05) is 34.9 Å². The van der Waals surface area contributed by atoms with E-state index in [9.17, 15) is 4.39 Å². The monoisotopic (exact) mass is 377 g/mol. The van der Waals surface area contributed by atoms with Crippen LogP contribution in [-0.2, 0) is 20.2 Å². The second-order valence-corrected chi connectivity index (χ2v) is 5.86. The van der Waals surface area contributed by atoms with E-state index in [2.05, 4.69) is 20.8 Å². The fourth-order valence-corrected chi connectivity index (χ4v) is 2.59. The average molecular weight is 378 g/mol. The van der Waals surface area contributed by atoms with Crippen LogP contribution >= 0.6 is 11.6 Å². The van der Waals surface area contributed by atoms with Crippen LogP contribution < -0.4 is 14.8 Å². The predicted octanol–water partition coefficient (Wildman–Crippen LogP) is 3.20. The van der Waals surface area contributed by atoms with Gasteiger partial charge in [0, 0.05) is 24.7 Å². The smallest absolute Gasteiger partial charge is 0.242 e. The summed E-state index contributed by atoms with van der Waals surface area (Å²) in [6, 6.07) is 9.76. The van der Waals surface area contributed by atoms with Crippen LogP contribution in [0.1, 0.15) is 11.1 Å². The van der Waals surface area contributed by atoms with E-state index in [1.54, 1.807) is 26.3 Å². The van der Waals surface area contributed by atoms with Crippen molar-refractivity contribution in [3.8, 4) is 11.5 Å². The second-order valence-electron chi connectivity index (χ2n) is 5.45. The largest absolute Gasteiger partial charge is 0.493 e. The minimum Gasteiger partial charge on any atom is -0.493 e. The summed E-state index contributed by atoms with van der Waals surface area (Å²) in [5.41, 5.74) is 1.53. The number of aromatic nitrogens is 4. The maximum Gasteiger partial charge on any atom is 0.242 e. The molecule has 0 fully saturated rings. The van der Waals surface area contributed by atoms with Crippen LogP contribution in [0.25, 0.3) is 0 Å². The van der Waals surface area contributed by atoms with Crippen molar-refractivity contribution in [2.45, 2.75) is 13.2 Å². The van der Waals surface area contributed by atoms with E-state index in [0.29, 0.717) is 34.6 Å². The van der Waals surface area contributed by atoms with Gasteiger partial charge in [-0.25, -0.2) is 9.07 Å².